The van der Waals surface area contributed by atoms with Gasteiger partial charge in [-0.05, 0) is 71.9 Å². The first-order valence-corrected chi connectivity index (χ1v) is 16.1. The van der Waals surface area contributed by atoms with Gasteiger partial charge in [0.05, 0.1) is 48.6 Å². The van der Waals surface area contributed by atoms with Crippen molar-refractivity contribution in [2.45, 2.75) is 53.9 Å². The first-order chi connectivity index (χ1) is 23.4. The second-order valence-corrected chi connectivity index (χ2v) is 13.2. The molecule has 14 heteroatoms. The highest BCUT2D eigenvalue weighted by Gasteiger charge is 2.24. The number of nitrogens with one attached hydrogen (secondary N) is 3. The third kappa shape index (κ3) is 9.97. The molecule has 1 amide bonds. The van der Waals surface area contributed by atoms with Gasteiger partial charge in [0.15, 0.2) is 18.2 Å². The molecule has 1 aliphatic heterocycles. The number of anilines is 5. The zero-order valence-electron chi connectivity index (χ0n) is 28.8. The first-order valence-electron chi connectivity index (χ1n) is 16.1. The minimum atomic E-state index is -0.673. The van der Waals surface area contributed by atoms with Gasteiger partial charge in [0.25, 0.3) is 0 Å². The number of nitrogens with zero attached hydrogens (tertiary/aromatic N) is 3. The van der Waals surface area contributed by atoms with Gasteiger partial charge in [-0.15, -0.1) is 0 Å². The molecule has 0 unspecified atom stereocenters. The van der Waals surface area contributed by atoms with Gasteiger partial charge in [-0.2, -0.15) is 9.97 Å². The Bertz CT molecular complexity index is 1760. The molecule has 0 fully saturated rings. The highest BCUT2D eigenvalue weighted by atomic mass is 16.6. The van der Waals surface area contributed by atoms with Crippen LogP contribution in [0, 0.1) is 5.41 Å². The van der Waals surface area contributed by atoms with E-state index in [1.54, 1.807) is 76.6 Å². The molecule has 4 aromatic rings. The SMILES string of the molecule is CC(C)(C)OC(=O)Nc1ccccc1Nc1nc(Nc2ccc3c(c2)OCCOCCOCCO3)nc2c1ccn2COC(=O)C(C)(C)C. The highest BCUT2D eigenvalue weighted by molar-refractivity contribution is 5.95. The van der Waals surface area contributed by atoms with Crippen LogP contribution in [0.1, 0.15) is 41.5 Å². The molecule has 3 heterocycles. The van der Waals surface area contributed by atoms with Crippen LogP contribution in [0.4, 0.5) is 33.6 Å². The molecule has 1 aliphatic rings. The molecule has 14 nitrogen and oxygen atoms in total. The lowest BCUT2D eigenvalue weighted by Crippen LogP contribution is -2.27. The molecule has 0 radical (unpaired) electrons. The Kier molecular flexibility index (Phi) is 11.1. The average molecular weight is 677 g/mol. The van der Waals surface area contributed by atoms with Crippen molar-refractivity contribution >= 4 is 51.9 Å². The molecule has 2 aromatic heterocycles. The number of amides is 1. The van der Waals surface area contributed by atoms with Crippen LogP contribution in [0.25, 0.3) is 11.0 Å². The summed E-state index contributed by atoms with van der Waals surface area (Å²) in [6.45, 7) is 13.2. The molecule has 2 aromatic carbocycles. The van der Waals surface area contributed by atoms with Gasteiger partial charge in [0.1, 0.15) is 30.3 Å². The van der Waals surface area contributed by atoms with E-state index in [1.165, 1.54) is 0 Å². The Hall–Kier alpha value is -5.08. The number of esters is 1. The predicted octanol–water partition coefficient (Wildman–Crippen LogP) is 6.62. The number of carbonyl (C=O) groups is 2. The van der Waals surface area contributed by atoms with E-state index in [0.717, 1.165) is 0 Å². The van der Waals surface area contributed by atoms with Crippen molar-refractivity contribution in [1.29, 1.82) is 0 Å². The zero-order chi connectivity index (χ0) is 35.0. The molecular weight excluding hydrogens is 632 g/mol. The van der Waals surface area contributed by atoms with Crippen molar-refractivity contribution in [1.82, 2.24) is 14.5 Å². The van der Waals surface area contributed by atoms with Gasteiger partial charge in [-0.25, -0.2) is 4.79 Å². The van der Waals surface area contributed by atoms with Crippen LogP contribution in [-0.4, -0.2) is 71.8 Å². The van der Waals surface area contributed by atoms with E-state index in [1.807, 2.05) is 24.3 Å². The van der Waals surface area contributed by atoms with Gasteiger partial charge in [0.2, 0.25) is 5.95 Å². The van der Waals surface area contributed by atoms with Gasteiger partial charge >= 0.3 is 12.1 Å². The normalized spacial score (nSPS) is 14.2. The number of carbonyl (C=O) groups excluding carboxylic acids is 2. The third-order valence-corrected chi connectivity index (χ3v) is 6.92. The molecular formula is C35H44N6O8. The maximum Gasteiger partial charge on any atom is 0.412 e. The van der Waals surface area contributed by atoms with Gasteiger partial charge in [0, 0.05) is 18.0 Å². The summed E-state index contributed by atoms with van der Waals surface area (Å²) < 4.78 is 35.8. The molecule has 0 spiro atoms. The van der Waals surface area contributed by atoms with Crippen LogP contribution < -0.4 is 25.4 Å². The fraction of sp³-hybridized carbons (Fsp3) is 0.429. The van der Waals surface area contributed by atoms with E-state index in [2.05, 4.69) is 16.0 Å². The molecule has 49 heavy (non-hydrogen) atoms. The second kappa shape index (κ2) is 15.4. The number of ether oxygens (including phenoxy) is 6. The summed E-state index contributed by atoms with van der Waals surface area (Å²) >= 11 is 0. The Balaban J connectivity index is 1.48. The van der Waals surface area contributed by atoms with Gasteiger partial charge < -0.3 is 39.1 Å². The van der Waals surface area contributed by atoms with Crippen LogP contribution in [-0.2, 0) is 30.5 Å². The monoisotopic (exact) mass is 676 g/mol. The van der Waals surface area contributed by atoms with Gasteiger partial charge in [-0.3, -0.25) is 14.7 Å². The fourth-order valence-electron chi connectivity index (χ4n) is 4.60. The Morgan fingerprint density at radius 2 is 1.49 bits per heavy atom. The Labute approximate surface area is 285 Å². The summed E-state index contributed by atoms with van der Waals surface area (Å²) in [5.41, 5.74) is 0.861. The first kappa shape index (κ1) is 35.2. The molecule has 0 bridgehead atoms. The maximum atomic E-state index is 12.6. The molecule has 3 N–H and O–H groups in total. The number of aromatic nitrogens is 3. The van der Waals surface area contributed by atoms with Crippen molar-refractivity contribution in [3.8, 4) is 11.5 Å². The summed E-state index contributed by atoms with van der Waals surface area (Å²) in [5, 5.41) is 10.1. The summed E-state index contributed by atoms with van der Waals surface area (Å²) in [5.74, 6) is 1.43. The van der Waals surface area contributed by atoms with Crippen molar-refractivity contribution in [2.24, 2.45) is 5.41 Å². The van der Waals surface area contributed by atoms with Crippen LogP contribution >= 0.6 is 0 Å². The number of para-hydroxylation sites is 2. The number of hydrogen-bond acceptors (Lipinski definition) is 12. The Morgan fingerprint density at radius 1 is 0.816 bits per heavy atom. The van der Waals surface area contributed by atoms with Crippen LogP contribution in [0.3, 0.4) is 0 Å². The number of hydrogen-bond donors (Lipinski definition) is 3. The van der Waals surface area contributed by atoms with E-state index in [-0.39, 0.29) is 18.6 Å². The molecule has 0 aliphatic carbocycles. The standard InChI is InChI=1S/C35H44N6O8/c1-34(2,3)31(42)48-22-41-14-13-24-29(37-25-9-7-8-10-26(25)38-33(43)49-35(4,5)6)39-32(40-30(24)41)36-23-11-12-27-28(21-23)47-20-18-45-16-15-44-17-19-46-27/h7-14,21H,15-20,22H2,1-6H3,(H,38,43)(H2,36,37,39,40). The summed E-state index contributed by atoms with van der Waals surface area (Å²) in [6, 6.07) is 14.5. The lowest BCUT2D eigenvalue weighted by Gasteiger charge is -2.21. The summed E-state index contributed by atoms with van der Waals surface area (Å²) in [4.78, 5) is 34.8. The van der Waals surface area contributed by atoms with E-state index >= 15 is 0 Å². The van der Waals surface area contributed by atoms with E-state index in [9.17, 15) is 9.59 Å². The van der Waals surface area contributed by atoms with Crippen LogP contribution in [0.5, 0.6) is 11.5 Å². The van der Waals surface area contributed by atoms with Crippen molar-refractivity contribution in [3.63, 3.8) is 0 Å². The highest BCUT2D eigenvalue weighted by Crippen LogP contribution is 2.34. The largest absolute Gasteiger partial charge is 0.487 e. The van der Waals surface area contributed by atoms with E-state index in [0.29, 0.717) is 85.1 Å². The lowest BCUT2D eigenvalue weighted by atomic mass is 9.98. The molecule has 0 saturated heterocycles. The van der Waals surface area contributed by atoms with Crippen LogP contribution in [0.15, 0.2) is 54.7 Å². The fourth-order valence-corrected chi connectivity index (χ4v) is 4.60. The number of benzene rings is 2. The van der Waals surface area contributed by atoms with Crippen molar-refractivity contribution in [3.05, 3.63) is 54.7 Å². The quantitative estimate of drug-likeness (QED) is 0.180. The van der Waals surface area contributed by atoms with Crippen LogP contribution in [0.2, 0.25) is 0 Å². The predicted molar refractivity (Wildman–Crippen MR) is 185 cm³/mol. The molecule has 0 atom stereocenters. The number of rotatable bonds is 7. The van der Waals surface area contributed by atoms with Crippen molar-refractivity contribution in [2.75, 3.05) is 55.6 Å². The topological polar surface area (TPSA) is 156 Å². The Morgan fingerprint density at radius 3 is 2.18 bits per heavy atom. The minimum absolute atomic E-state index is 0.0535. The number of fused-ring (bicyclic) bond motifs is 2. The van der Waals surface area contributed by atoms with E-state index < -0.39 is 17.1 Å². The molecule has 5 rings (SSSR count). The maximum absolute atomic E-state index is 12.6. The summed E-state index contributed by atoms with van der Waals surface area (Å²) in [6.07, 6.45) is 1.18. The second-order valence-electron chi connectivity index (χ2n) is 13.2. The zero-order valence-corrected chi connectivity index (χ0v) is 28.8. The summed E-state index contributed by atoms with van der Waals surface area (Å²) in [7, 11) is 0. The average Bonchev–Trinajstić information content (AvgIpc) is 3.43. The third-order valence-electron chi connectivity index (χ3n) is 6.92. The van der Waals surface area contributed by atoms with Crippen molar-refractivity contribution < 1.29 is 38.0 Å². The lowest BCUT2D eigenvalue weighted by molar-refractivity contribution is -0.156. The van der Waals surface area contributed by atoms with Gasteiger partial charge in [-0.1, -0.05) is 12.1 Å². The molecule has 0 saturated carbocycles. The smallest absolute Gasteiger partial charge is 0.412 e. The minimum Gasteiger partial charge on any atom is -0.487 e. The molecule has 262 valence electrons. The van der Waals surface area contributed by atoms with E-state index in [4.69, 9.17) is 38.4 Å².